The number of fused-ring (bicyclic) bond motifs is 1. The predicted molar refractivity (Wildman–Crippen MR) is 109 cm³/mol. The average Bonchev–Trinajstić information content (AvgIpc) is 3.11. The number of carbonyl (C=O) groups excluding carboxylic acids is 2. The normalized spacial score (nSPS) is 12.9. The van der Waals surface area contributed by atoms with Crippen molar-refractivity contribution >= 4 is 39.0 Å². The number of anilines is 2. The SMILES string of the molecule is Cc1ccc(NC(=O)COC(=O)c2ccc3c(c2)CCN3S(C)(=O)=O)c([N+](=O)[O-])c1. The monoisotopic (exact) mass is 433 g/mol. The van der Waals surface area contributed by atoms with Crippen LogP contribution < -0.4 is 9.62 Å². The number of ether oxygens (including phenoxy) is 1. The number of nitrogens with one attached hydrogen (secondary N) is 1. The highest BCUT2D eigenvalue weighted by Crippen LogP contribution is 2.31. The van der Waals surface area contributed by atoms with Crippen molar-refractivity contribution in [1.82, 2.24) is 0 Å². The van der Waals surface area contributed by atoms with Crippen molar-refractivity contribution < 1.29 is 27.7 Å². The summed E-state index contributed by atoms with van der Waals surface area (Å²) in [5, 5.41) is 13.5. The van der Waals surface area contributed by atoms with Gasteiger partial charge in [0.25, 0.3) is 11.6 Å². The second kappa shape index (κ2) is 8.11. The molecule has 1 heterocycles. The number of sulfonamides is 1. The molecule has 11 heteroatoms. The molecule has 1 N–H and O–H groups in total. The second-order valence-electron chi connectivity index (χ2n) is 6.83. The van der Waals surface area contributed by atoms with Crippen LogP contribution >= 0.6 is 0 Å². The van der Waals surface area contributed by atoms with Crippen LogP contribution in [-0.2, 0) is 26.0 Å². The Balaban J connectivity index is 1.64. The Kier molecular flexibility index (Phi) is 5.74. The van der Waals surface area contributed by atoms with Gasteiger partial charge in [-0.3, -0.25) is 19.2 Å². The number of nitrogens with zero attached hydrogens (tertiary/aromatic N) is 2. The fourth-order valence-corrected chi connectivity index (χ4v) is 4.10. The molecular formula is C19H19N3O7S. The number of nitro groups is 1. The van der Waals surface area contributed by atoms with Gasteiger partial charge in [0.1, 0.15) is 5.69 Å². The molecule has 0 unspecified atom stereocenters. The van der Waals surface area contributed by atoms with Gasteiger partial charge in [0.2, 0.25) is 10.0 Å². The van der Waals surface area contributed by atoms with E-state index >= 15 is 0 Å². The third-order valence-corrected chi connectivity index (χ3v) is 5.71. The van der Waals surface area contributed by atoms with Crippen molar-refractivity contribution in [3.8, 4) is 0 Å². The lowest BCUT2D eigenvalue weighted by molar-refractivity contribution is -0.384. The van der Waals surface area contributed by atoms with E-state index in [-0.39, 0.29) is 16.9 Å². The van der Waals surface area contributed by atoms with Gasteiger partial charge in [-0.15, -0.1) is 0 Å². The van der Waals surface area contributed by atoms with Crippen LogP contribution in [0.4, 0.5) is 17.1 Å². The van der Waals surface area contributed by atoms with Crippen LogP contribution in [0.3, 0.4) is 0 Å². The van der Waals surface area contributed by atoms with Gasteiger partial charge in [-0.05, 0) is 48.7 Å². The number of hydrogen-bond donors (Lipinski definition) is 1. The molecule has 158 valence electrons. The number of esters is 1. The van der Waals surface area contributed by atoms with Crippen LogP contribution in [0.15, 0.2) is 36.4 Å². The van der Waals surface area contributed by atoms with E-state index in [0.29, 0.717) is 29.8 Å². The molecular weight excluding hydrogens is 414 g/mol. The van der Waals surface area contributed by atoms with E-state index in [1.54, 1.807) is 13.0 Å². The van der Waals surface area contributed by atoms with E-state index in [1.807, 2.05) is 0 Å². The van der Waals surface area contributed by atoms with Gasteiger partial charge in [0.15, 0.2) is 6.61 Å². The molecule has 30 heavy (non-hydrogen) atoms. The van der Waals surface area contributed by atoms with E-state index < -0.39 is 33.4 Å². The van der Waals surface area contributed by atoms with Crippen molar-refractivity contribution in [1.29, 1.82) is 0 Å². The summed E-state index contributed by atoms with van der Waals surface area (Å²) >= 11 is 0. The lowest BCUT2D eigenvalue weighted by Crippen LogP contribution is -2.27. The Morgan fingerprint density at radius 3 is 2.63 bits per heavy atom. The predicted octanol–water partition coefficient (Wildman–Crippen LogP) is 2.02. The number of benzene rings is 2. The summed E-state index contributed by atoms with van der Waals surface area (Å²) in [5.74, 6) is -1.48. The third-order valence-electron chi connectivity index (χ3n) is 4.53. The molecule has 1 amide bonds. The maximum Gasteiger partial charge on any atom is 0.338 e. The highest BCUT2D eigenvalue weighted by Gasteiger charge is 2.27. The maximum atomic E-state index is 12.3. The summed E-state index contributed by atoms with van der Waals surface area (Å²) in [5.41, 5.74) is 1.79. The largest absolute Gasteiger partial charge is 0.452 e. The van der Waals surface area contributed by atoms with Crippen molar-refractivity contribution in [2.75, 3.05) is 29.0 Å². The zero-order valence-corrected chi connectivity index (χ0v) is 17.1. The number of aryl methyl sites for hydroxylation is 1. The first kappa shape index (κ1) is 21.2. The van der Waals surface area contributed by atoms with Crippen molar-refractivity contribution in [3.63, 3.8) is 0 Å². The fourth-order valence-electron chi connectivity index (χ4n) is 3.14. The molecule has 0 fully saturated rings. The van der Waals surface area contributed by atoms with Crippen LogP contribution in [0.25, 0.3) is 0 Å². The maximum absolute atomic E-state index is 12.3. The zero-order valence-electron chi connectivity index (χ0n) is 16.2. The minimum Gasteiger partial charge on any atom is -0.452 e. The van der Waals surface area contributed by atoms with Gasteiger partial charge < -0.3 is 10.1 Å². The van der Waals surface area contributed by atoms with Crippen molar-refractivity contribution in [2.45, 2.75) is 13.3 Å². The third kappa shape index (κ3) is 4.57. The Hall–Kier alpha value is -3.47. The quantitative estimate of drug-likeness (QED) is 0.418. The van der Waals surface area contributed by atoms with Crippen molar-refractivity contribution in [3.05, 3.63) is 63.2 Å². The molecule has 0 bridgehead atoms. The smallest absolute Gasteiger partial charge is 0.338 e. The van der Waals surface area contributed by atoms with E-state index in [0.717, 1.165) is 6.26 Å². The summed E-state index contributed by atoms with van der Waals surface area (Å²) < 4.78 is 29.8. The minimum atomic E-state index is -3.40. The summed E-state index contributed by atoms with van der Waals surface area (Å²) in [4.78, 5) is 34.8. The number of nitro benzene ring substituents is 1. The van der Waals surface area contributed by atoms with E-state index in [2.05, 4.69) is 5.32 Å². The zero-order chi connectivity index (χ0) is 22.1. The van der Waals surface area contributed by atoms with Crippen LogP contribution in [0, 0.1) is 17.0 Å². The Morgan fingerprint density at radius 1 is 1.23 bits per heavy atom. The Labute approximate surface area is 172 Å². The van der Waals surface area contributed by atoms with E-state index in [1.165, 1.54) is 34.6 Å². The van der Waals surface area contributed by atoms with Gasteiger partial charge in [0.05, 0.1) is 22.4 Å². The number of carbonyl (C=O) groups is 2. The number of hydrogen-bond acceptors (Lipinski definition) is 7. The van der Waals surface area contributed by atoms with Crippen LogP contribution in [0.1, 0.15) is 21.5 Å². The lowest BCUT2D eigenvalue weighted by Gasteiger charge is -2.16. The summed E-state index contributed by atoms with van der Waals surface area (Å²) in [6.45, 7) is 1.35. The van der Waals surface area contributed by atoms with Crippen molar-refractivity contribution in [2.24, 2.45) is 0 Å². The molecule has 0 spiro atoms. The molecule has 0 radical (unpaired) electrons. The molecule has 0 atom stereocenters. The lowest BCUT2D eigenvalue weighted by atomic mass is 10.1. The molecule has 1 aliphatic rings. The van der Waals surface area contributed by atoms with Crippen LogP contribution in [0.2, 0.25) is 0 Å². The van der Waals surface area contributed by atoms with Gasteiger partial charge in [-0.2, -0.15) is 0 Å². The minimum absolute atomic E-state index is 0.00467. The average molecular weight is 433 g/mol. The Bertz CT molecular complexity index is 1140. The first-order valence-electron chi connectivity index (χ1n) is 8.89. The topological polar surface area (TPSA) is 136 Å². The number of rotatable bonds is 6. The molecule has 3 rings (SSSR count). The molecule has 0 aromatic heterocycles. The van der Waals surface area contributed by atoms with Gasteiger partial charge in [-0.1, -0.05) is 6.07 Å². The van der Waals surface area contributed by atoms with Gasteiger partial charge in [0, 0.05) is 12.6 Å². The fraction of sp³-hybridized carbons (Fsp3) is 0.263. The summed E-state index contributed by atoms with van der Waals surface area (Å²) in [6, 6.07) is 8.82. The molecule has 2 aromatic carbocycles. The van der Waals surface area contributed by atoms with Gasteiger partial charge >= 0.3 is 5.97 Å². The first-order chi connectivity index (χ1) is 14.1. The Morgan fingerprint density at radius 2 is 1.97 bits per heavy atom. The van der Waals surface area contributed by atoms with E-state index in [9.17, 15) is 28.1 Å². The van der Waals surface area contributed by atoms with Crippen LogP contribution in [-0.4, -0.2) is 44.6 Å². The molecule has 0 aliphatic carbocycles. The second-order valence-corrected chi connectivity index (χ2v) is 8.74. The molecule has 10 nitrogen and oxygen atoms in total. The molecule has 0 saturated carbocycles. The molecule has 2 aromatic rings. The summed E-state index contributed by atoms with van der Waals surface area (Å²) in [7, 11) is -3.40. The molecule has 1 aliphatic heterocycles. The van der Waals surface area contributed by atoms with Crippen LogP contribution in [0.5, 0.6) is 0 Å². The highest BCUT2D eigenvalue weighted by molar-refractivity contribution is 7.92. The summed E-state index contributed by atoms with van der Waals surface area (Å²) in [6.07, 6.45) is 1.57. The molecule has 0 saturated heterocycles. The number of amides is 1. The highest BCUT2D eigenvalue weighted by atomic mass is 32.2. The standard InChI is InChI=1S/C19H19N3O7S/c1-12-3-5-15(17(9-12)22(25)26)20-18(23)11-29-19(24)14-4-6-16-13(10-14)7-8-21(16)30(2,27)28/h3-6,9-10H,7-8,11H2,1-2H3,(H,20,23). The first-order valence-corrected chi connectivity index (χ1v) is 10.7. The van der Waals surface area contributed by atoms with Gasteiger partial charge in [-0.25, -0.2) is 13.2 Å². The van der Waals surface area contributed by atoms with E-state index in [4.69, 9.17) is 4.74 Å².